The molecule has 0 aliphatic heterocycles. The van der Waals surface area contributed by atoms with Gasteiger partial charge in [-0.15, -0.1) is 4.09 Å². The summed E-state index contributed by atoms with van der Waals surface area (Å²) < 4.78 is 29.6. The number of ether oxygens (including phenoxy) is 1. The van der Waals surface area contributed by atoms with Gasteiger partial charge in [0.1, 0.15) is 5.56 Å². The number of methoxy groups -OCH3 is 1. The van der Waals surface area contributed by atoms with E-state index in [4.69, 9.17) is 5.73 Å². The molecule has 0 aliphatic carbocycles. The van der Waals surface area contributed by atoms with E-state index in [2.05, 4.69) is 9.84 Å². The van der Waals surface area contributed by atoms with Gasteiger partial charge in [0.2, 0.25) is 0 Å². The molecule has 0 radical (unpaired) electrons. The Bertz CT molecular complexity index is 707. The summed E-state index contributed by atoms with van der Waals surface area (Å²) in [6.07, 6.45) is 1.06. The van der Waals surface area contributed by atoms with E-state index in [-0.39, 0.29) is 16.3 Å². The molecule has 7 nitrogen and oxygen atoms in total. The van der Waals surface area contributed by atoms with Gasteiger partial charge in [-0.1, -0.05) is 18.2 Å². The van der Waals surface area contributed by atoms with Crippen LogP contribution in [0.15, 0.2) is 41.4 Å². The molecule has 100 valence electrons. The van der Waals surface area contributed by atoms with Crippen molar-refractivity contribution in [3.05, 3.63) is 42.1 Å². The molecule has 1 heterocycles. The van der Waals surface area contributed by atoms with Crippen LogP contribution in [0.1, 0.15) is 10.4 Å². The van der Waals surface area contributed by atoms with Crippen molar-refractivity contribution in [1.29, 1.82) is 0 Å². The number of carbonyl (C=O) groups is 1. The number of nitrogen functional groups attached to an aromatic ring is 1. The number of benzene rings is 1. The first kappa shape index (κ1) is 13.1. The van der Waals surface area contributed by atoms with Gasteiger partial charge in [-0.2, -0.15) is 13.5 Å². The maximum atomic E-state index is 12.2. The molecule has 1 aromatic heterocycles. The SMILES string of the molecule is COC(=O)c1cnn(S(=O)(=O)c2ccccc2)c1N. The zero-order valence-corrected chi connectivity index (χ0v) is 10.8. The molecule has 0 amide bonds. The van der Waals surface area contributed by atoms with Crippen molar-refractivity contribution in [1.82, 2.24) is 9.19 Å². The Kier molecular flexibility index (Phi) is 3.26. The van der Waals surface area contributed by atoms with Gasteiger partial charge in [0.05, 0.1) is 18.2 Å². The summed E-state index contributed by atoms with van der Waals surface area (Å²) in [4.78, 5) is 11.4. The smallest absolute Gasteiger partial charge is 0.343 e. The topological polar surface area (TPSA) is 104 Å². The molecule has 2 aromatic rings. The van der Waals surface area contributed by atoms with Crippen LogP contribution in [0.4, 0.5) is 5.82 Å². The fourth-order valence-electron chi connectivity index (χ4n) is 1.49. The molecule has 0 spiro atoms. The highest BCUT2D eigenvalue weighted by Crippen LogP contribution is 2.19. The van der Waals surface area contributed by atoms with E-state index in [1.807, 2.05) is 0 Å². The fraction of sp³-hybridized carbons (Fsp3) is 0.0909. The second-order valence-corrected chi connectivity index (χ2v) is 5.36. The summed E-state index contributed by atoms with van der Waals surface area (Å²) >= 11 is 0. The molecule has 8 heteroatoms. The van der Waals surface area contributed by atoms with E-state index in [9.17, 15) is 13.2 Å². The Morgan fingerprint density at radius 3 is 2.53 bits per heavy atom. The van der Waals surface area contributed by atoms with Crippen molar-refractivity contribution < 1.29 is 17.9 Å². The maximum Gasteiger partial charge on any atom is 0.343 e. The Balaban J connectivity index is 2.55. The molecule has 1 aromatic carbocycles. The lowest BCUT2D eigenvalue weighted by molar-refractivity contribution is 0.0602. The molecule has 19 heavy (non-hydrogen) atoms. The van der Waals surface area contributed by atoms with Gasteiger partial charge >= 0.3 is 5.97 Å². The predicted molar refractivity (Wildman–Crippen MR) is 67.0 cm³/mol. The zero-order chi connectivity index (χ0) is 14.0. The summed E-state index contributed by atoms with van der Waals surface area (Å²) in [6, 6.07) is 7.66. The minimum absolute atomic E-state index is 0.0289. The highest BCUT2D eigenvalue weighted by Gasteiger charge is 2.24. The van der Waals surface area contributed by atoms with E-state index < -0.39 is 16.0 Å². The van der Waals surface area contributed by atoms with E-state index in [0.29, 0.717) is 4.09 Å². The molecule has 2 N–H and O–H groups in total. The highest BCUT2D eigenvalue weighted by molar-refractivity contribution is 7.90. The van der Waals surface area contributed by atoms with E-state index in [1.165, 1.54) is 19.2 Å². The molecular formula is C11H11N3O4S. The van der Waals surface area contributed by atoms with Gasteiger partial charge in [-0.25, -0.2) is 4.79 Å². The van der Waals surface area contributed by atoms with Crippen LogP contribution in [0, 0.1) is 0 Å². The van der Waals surface area contributed by atoms with Gasteiger partial charge in [0.25, 0.3) is 10.0 Å². The van der Waals surface area contributed by atoms with Crippen LogP contribution in [0.5, 0.6) is 0 Å². The van der Waals surface area contributed by atoms with Gasteiger partial charge in [-0.3, -0.25) is 0 Å². The number of hydrogen-bond acceptors (Lipinski definition) is 6. The third kappa shape index (κ3) is 2.17. The summed E-state index contributed by atoms with van der Waals surface area (Å²) in [7, 11) is -2.75. The average Bonchev–Trinajstić information content (AvgIpc) is 2.81. The molecule has 0 fully saturated rings. The zero-order valence-electron chi connectivity index (χ0n) is 9.98. The average molecular weight is 281 g/mol. The Morgan fingerprint density at radius 1 is 1.32 bits per heavy atom. The summed E-state index contributed by atoms with van der Waals surface area (Å²) in [5.74, 6) is -1.03. The van der Waals surface area contributed by atoms with Gasteiger partial charge < -0.3 is 10.5 Å². The first-order valence-corrected chi connectivity index (χ1v) is 6.65. The maximum absolute atomic E-state index is 12.2. The number of rotatable bonds is 3. The standard InChI is InChI=1S/C11H11N3O4S/c1-18-11(15)9-7-13-14(10(9)12)19(16,17)8-5-3-2-4-6-8/h2-7H,12H2,1H3. The van der Waals surface area contributed by atoms with Crippen molar-refractivity contribution in [2.24, 2.45) is 0 Å². The molecule has 0 aliphatic rings. The number of aromatic nitrogens is 2. The van der Waals surface area contributed by atoms with Crippen LogP contribution in [-0.2, 0) is 14.8 Å². The van der Waals surface area contributed by atoms with E-state index in [1.54, 1.807) is 18.2 Å². The van der Waals surface area contributed by atoms with E-state index in [0.717, 1.165) is 6.20 Å². The molecule has 0 unspecified atom stereocenters. The highest BCUT2D eigenvalue weighted by atomic mass is 32.2. The molecular weight excluding hydrogens is 270 g/mol. The van der Waals surface area contributed by atoms with Crippen molar-refractivity contribution in [2.75, 3.05) is 12.8 Å². The predicted octanol–water partition coefficient (Wildman–Crippen LogP) is 0.489. The number of nitrogens with zero attached hydrogens (tertiary/aromatic N) is 2. The van der Waals surface area contributed by atoms with Crippen molar-refractivity contribution in [3.63, 3.8) is 0 Å². The molecule has 0 atom stereocenters. The van der Waals surface area contributed by atoms with Crippen molar-refractivity contribution in [3.8, 4) is 0 Å². The first-order chi connectivity index (χ1) is 8.98. The fourth-order valence-corrected chi connectivity index (χ4v) is 2.72. The summed E-state index contributed by atoms with van der Waals surface area (Å²) in [5, 5.41) is 3.64. The lowest BCUT2D eigenvalue weighted by atomic mass is 10.3. The van der Waals surface area contributed by atoms with Crippen LogP contribution in [0.25, 0.3) is 0 Å². The lowest BCUT2D eigenvalue weighted by Crippen LogP contribution is -2.17. The first-order valence-electron chi connectivity index (χ1n) is 5.21. The van der Waals surface area contributed by atoms with Crippen LogP contribution in [-0.4, -0.2) is 30.7 Å². The Morgan fingerprint density at radius 2 is 1.95 bits per heavy atom. The van der Waals surface area contributed by atoms with Crippen molar-refractivity contribution >= 4 is 21.8 Å². The molecule has 0 saturated carbocycles. The normalized spacial score (nSPS) is 11.2. The Labute approximate surface area is 109 Å². The monoisotopic (exact) mass is 281 g/mol. The number of carbonyl (C=O) groups excluding carboxylic acids is 1. The van der Waals surface area contributed by atoms with Crippen LogP contribution >= 0.6 is 0 Å². The lowest BCUT2D eigenvalue weighted by Gasteiger charge is -2.06. The van der Waals surface area contributed by atoms with Gasteiger partial charge in [0.15, 0.2) is 5.82 Å². The van der Waals surface area contributed by atoms with E-state index >= 15 is 0 Å². The second kappa shape index (κ2) is 4.73. The minimum Gasteiger partial charge on any atom is -0.465 e. The molecule has 0 bridgehead atoms. The van der Waals surface area contributed by atoms with Gasteiger partial charge in [0, 0.05) is 0 Å². The van der Waals surface area contributed by atoms with Crippen LogP contribution in [0.3, 0.4) is 0 Å². The largest absolute Gasteiger partial charge is 0.465 e. The Hall–Kier alpha value is -2.35. The van der Waals surface area contributed by atoms with Crippen LogP contribution in [0.2, 0.25) is 0 Å². The second-order valence-electron chi connectivity index (χ2n) is 3.60. The number of anilines is 1. The van der Waals surface area contributed by atoms with Crippen molar-refractivity contribution in [2.45, 2.75) is 4.90 Å². The third-order valence-electron chi connectivity index (χ3n) is 2.45. The molecule has 0 saturated heterocycles. The number of hydrogen-bond donors (Lipinski definition) is 1. The van der Waals surface area contributed by atoms with Crippen LogP contribution < -0.4 is 5.73 Å². The third-order valence-corrected chi connectivity index (χ3v) is 4.06. The number of esters is 1. The quantitative estimate of drug-likeness (QED) is 0.821. The summed E-state index contributed by atoms with van der Waals surface area (Å²) in [6.45, 7) is 0. The minimum atomic E-state index is -3.92. The molecule has 2 rings (SSSR count). The van der Waals surface area contributed by atoms with Gasteiger partial charge in [-0.05, 0) is 12.1 Å². The number of nitrogens with two attached hydrogens (primary N) is 1. The summed E-state index contributed by atoms with van der Waals surface area (Å²) in [5.41, 5.74) is 5.53.